The van der Waals surface area contributed by atoms with E-state index in [1.54, 1.807) is 37.3 Å². The van der Waals surface area contributed by atoms with E-state index in [-0.39, 0.29) is 16.7 Å². The van der Waals surface area contributed by atoms with Gasteiger partial charge in [0.25, 0.3) is 5.91 Å². The lowest BCUT2D eigenvalue weighted by atomic mass is 10.1. The Labute approximate surface area is 171 Å². The first-order chi connectivity index (χ1) is 12.9. The summed E-state index contributed by atoms with van der Waals surface area (Å²) in [5, 5.41) is 10.7. The number of nitrogens with one attached hydrogen (secondary N) is 1. The van der Waals surface area contributed by atoms with E-state index in [0.717, 1.165) is 9.13 Å². The summed E-state index contributed by atoms with van der Waals surface area (Å²) >= 11 is 2.12. The van der Waals surface area contributed by atoms with Gasteiger partial charge < -0.3 is 5.32 Å². The molecule has 0 spiro atoms. The minimum absolute atomic E-state index is 0.0270. The smallest absolute Gasteiger partial charge is 0.256 e. The fraction of sp³-hybridized carbons (Fsp3) is 0.105. The Hall–Kier alpha value is -2.33. The summed E-state index contributed by atoms with van der Waals surface area (Å²) in [4.78, 5) is 12.5. The molecular formula is C19H16IN3O3S. The van der Waals surface area contributed by atoms with Gasteiger partial charge in [0.15, 0.2) is 14.9 Å². The van der Waals surface area contributed by atoms with Crippen LogP contribution in [0, 0.1) is 3.57 Å². The highest BCUT2D eigenvalue weighted by Crippen LogP contribution is 2.22. The number of hydrogen-bond donors (Lipinski definition) is 1. The predicted octanol–water partition coefficient (Wildman–Crippen LogP) is 3.79. The summed E-state index contributed by atoms with van der Waals surface area (Å²) in [5.41, 5.74) is 2.46. The van der Waals surface area contributed by atoms with E-state index in [4.69, 9.17) is 0 Å². The zero-order chi connectivity index (χ0) is 19.4. The van der Waals surface area contributed by atoms with Gasteiger partial charge in [0, 0.05) is 14.8 Å². The van der Waals surface area contributed by atoms with Crippen LogP contribution in [0.1, 0.15) is 17.3 Å². The number of sulfone groups is 1. The quantitative estimate of drug-likeness (QED) is 0.547. The van der Waals surface area contributed by atoms with Crippen molar-refractivity contribution in [2.75, 3.05) is 11.1 Å². The highest BCUT2D eigenvalue weighted by atomic mass is 127. The molecule has 0 aliphatic rings. The number of amides is 1. The van der Waals surface area contributed by atoms with Crippen molar-refractivity contribution in [2.45, 2.75) is 11.9 Å². The van der Waals surface area contributed by atoms with Gasteiger partial charge in [-0.3, -0.25) is 4.79 Å². The third kappa shape index (κ3) is 4.51. The average Bonchev–Trinajstić information content (AvgIpc) is 2.68. The molecule has 6 nitrogen and oxygen atoms in total. The molecule has 1 heterocycles. The summed E-state index contributed by atoms with van der Waals surface area (Å²) < 4.78 is 24.5. The Bertz CT molecular complexity index is 1080. The fourth-order valence-electron chi connectivity index (χ4n) is 2.39. The summed E-state index contributed by atoms with van der Waals surface area (Å²) in [6.45, 7) is 1.56. The van der Waals surface area contributed by atoms with Crippen LogP contribution in [0.25, 0.3) is 11.3 Å². The van der Waals surface area contributed by atoms with Crippen molar-refractivity contribution < 1.29 is 13.2 Å². The maximum absolute atomic E-state index is 12.5. The lowest BCUT2D eigenvalue weighted by molar-refractivity contribution is 0.102. The molecule has 0 saturated carbocycles. The van der Waals surface area contributed by atoms with E-state index in [9.17, 15) is 13.2 Å². The lowest BCUT2D eigenvalue weighted by Crippen LogP contribution is -2.13. The van der Waals surface area contributed by atoms with Crippen LogP contribution in [0.15, 0.2) is 65.7 Å². The maximum atomic E-state index is 12.5. The molecule has 0 aliphatic heterocycles. The number of rotatable bonds is 5. The monoisotopic (exact) mass is 493 g/mol. The second kappa shape index (κ2) is 8.13. The third-order valence-corrected chi connectivity index (χ3v) is 6.43. The van der Waals surface area contributed by atoms with Crippen LogP contribution in [-0.2, 0) is 9.84 Å². The van der Waals surface area contributed by atoms with Gasteiger partial charge in [-0.25, -0.2) is 8.42 Å². The zero-order valence-electron chi connectivity index (χ0n) is 14.4. The van der Waals surface area contributed by atoms with Crippen LogP contribution < -0.4 is 5.32 Å². The molecule has 0 fully saturated rings. The summed E-state index contributed by atoms with van der Waals surface area (Å²) in [5.74, 6) is -0.228. The first kappa shape index (κ1) is 19.4. The Kier molecular flexibility index (Phi) is 5.85. The van der Waals surface area contributed by atoms with Gasteiger partial charge >= 0.3 is 0 Å². The van der Waals surface area contributed by atoms with Crippen LogP contribution in [0.4, 0.5) is 5.69 Å². The van der Waals surface area contributed by atoms with Crippen LogP contribution in [0.2, 0.25) is 0 Å². The molecule has 1 aromatic heterocycles. The van der Waals surface area contributed by atoms with Gasteiger partial charge in [0.2, 0.25) is 0 Å². The second-order valence-corrected chi connectivity index (χ2v) is 9.06. The number of anilines is 1. The molecule has 1 amide bonds. The van der Waals surface area contributed by atoms with E-state index >= 15 is 0 Å². The first-order valence-electron chi connectivity index (χ1n) is 8.13. The van der Waals surface area contributed by atoms with E-state index in [1.165, 1.54) is 6.07 Å². The number of halogens is 1. The van der Waals surface area contributed by atoms with Crippen LogP contribution in [0.3, 0.4) is 0 Å². The molecule has 1 N–H and O–H groups in total. The molecule has 27 heavy (non-hydrogen) atoms. The molecule has 0 atom stereocenters. The van der Waals surface area contributed by atoms with Gasteiger partial charge in [0.1, 0.15) is 0 Å². The Morgan fingerprint density at radius 2 is 1.81 bits per heavy atom. The molecule has 2 aromatic carbocycles. The third-order valence-electron chi connectivity index (χ3n) is 3.87. The summed E-state index contributed by atoms with van der Waals surface area (Å²) in [6.07, 6.45) is 0. The van der Waals surface area contributed by atoms with E-state index in [2.05, 4.69) is 38.1 Å². The molecule has 0 saturated heterocycles. The molecule has 3 rings (SSSR count). The molecular weight excluding hydrogens is 477 g/mol. The number of hydrogen-bond acceptors (Lipinski definition) is 5. The Morgan fingerprint density at radius 1 is 1.04 bits per heavy atom. The second-order valence-electron chi connectivity index (χ2n) is 5.68. The van der Waals surface area contributed by atoms with Crippen molar-refractivity contribution in [1.82, 2.24) is 10.2 Å². The number of carbonyl (C=O) groups is 1. The average molecular weight is 493 g/mol. The van der Waals surface area contributed by atoms with Gasteiger partial charge in [-0.2, -0.15) is 0 Å². The van der Waals surface area contributed by atoms with E-state index in [0.29, 0.717) is 16.9 Å². The molecule has 0 radical (unpaired) electrons. The highest BCUT2D eigenvalue weighted by Gasteiger charge is 2.14. The minimum Gasteiger partial charge on any atom is -0.322 e. The maximum Gasteiger partial charge on any atom is 0.256 e. The summed E-state index contributed by atoms with van der Waals surface area (Å²) in [7, 11) is -3.39. The Morgan fingerprint density at radius 3 is 2.48 bits per heavy atom. The van der Waals surface area contributed by atoms with E-state index in [1.807, 2.05) is 24.3 Å². The largest absolute Gasteiger partial charge is 0.322 e. The molecule has 8 heteroatoms. The minimum atomic E-state index is -3.39. The number of aromatic nitrogens is 2. The van der Waals surface area contributed by atoms with Crippen molar-refractivity contribution >= 4 is 44.0 Å². The fourth-order valence-corrected chi connectivity index (χ4v) is 3.76. The van der Waals surface area contributed by atoms with Gasteiger partial charge in [0.05, 0.1) is 17.0 Å². The van der Waals surface area contributed by atoms with Crippen LogP contribution >= 0.6 is 22.6 Å². The highest BCUT2D eigenvalue weighted by molar-refractivity contribution is 14.1. The van der Waals surface area contributed by atoms with Gasteiger partial charge in [-0.1, -0.05) is 31.2 Å². The molecule has 138 valence electrons. The number of nitrogens with zero attached hydrogens (tertiary/aromatic N) is 2. The van der Waals surface area contributed by atoms with Crippen molar-refractivity contribution in [1.29, 1.82) is 0 Å². The van der Waals surface area contributed by atoms with Crippen LogP contribution in [0.5, 0.6) is 0 Å². The SMILES string of the molecule is CCS(=O)(=O)c1ccc(-c2cccc(NC(=O)c3ccccc3I)c2)nn1. The van der Waals surface area contributed by atoms with Gasteiger partial charge in [-0.05, 0) is 59.0 Å². The van der Waals surface area contributed by atoms with Crippen molar-refractivity contribution in [3.05, 3.63) is 69.8 Å². The van der Waals surface area contributed by atoms with Crippen molar-refractivity contribution in [3.8, 4) is 11.3 Å². The van der Waals surface area contributed by atoms with Crippen LogP contribution in [-0.4, -0.2) is 30.3 Å². The zero-order valence-corrected chi connectivity index (χ0v) is 17.4. The lowest BCUT2D eigenvalue weighted by Gasteiger charge is -2.08. The standard InChI is InChI=1S/C19H16IN3O3S/c1-2-27(25,26)18-11-10-17(22-23-18)13-6-5-7-14(12-13)21-19(24)15-8-3-4-9-16(15)20/h3-12H,2H2,1H3,(H,21,24). The predicted molar refractivity (Wildman–Crippen MR) is 112 cm³/mol. The molecule has 0 unspecified atom stereocenters. The van der Waals surface area contributed by atoms with Crippen molar-refractivity contribution in [3.63, 3.8) is 0 Å². The van der Waals surface area contributed by atoms with Crippen molar-refractivity contribution in [2.24, 2.45) is 0 Å². The number of carbonyl (C=O) groups excluding carboxylic acids is 1. The molecule has 0 aliphatic carbocycles. The van der Waals surface area contributed by atoms with Gasteiger partial charge in [-0.15, -0.1) is 10.2 Å². The summed E-state index contributed by atoms with van der Waals surface area (Å²) in [6, 6.07) is 17.5. The first-order valence-corrected chi connectivity index (χ1v) is 10.9. The molecule has 0 bridgehead atoms. The normalized spacial score (nSPS) is 11.2. The molecule has 3 aromatic rings. The number of benzene rings is 2. The van der Waals surface area contributed by atoms with E-state index < -0.39 is 9.84 Å². The Balaban J connectivity index is 1.84. The topological polar surface area (TPSA) is 89.0 Å².